The monoisotopic (exact) mass is 352 g/mol. The molecule has 0 unspecified atom stereocenters. The third kappa shape index (κ3) is 9.22. The predicted octanol–water partition coefficient (Wildman–Crippen LogP) is 2.01. The van der Waals surface area contributed by atoms with Crippen molar-refractivity contribution in [2.24, 2.45) is 5.10 Å². The summed E-state index contributed by atoms with van der Waals surface area (Å²) in [5.41, 5.74) is 2.66. The zero-order chi connectivity index (χ0) is 18.7. The summed E-state index contributed by atoms with van der Waals surface area (Å²) in [4.78, 5) is 35.3. The fourth-order valence-electron chi connectivity index (χ4n) is 2.74. The summed E-state index contributed by atoms with van der Waals surface area (Å²) in [5, 5.41) is 9.45. The normalized spacial score (nSPS) is 17.8. The lowest BCUT2D eigenvalue weighted by molar-refractivity contribution is -0.139. The van der Waals surface area contributed by atoms with Crippen molar-refractivity contribution in [3.8, 4) is 0 Å². The lowest BCUT2D eigenvalue weighted by Crippen LogP contribution is -2.42. The average molecular weight is 352 g/mol. The van der Waals surface area contributed by atoms with Crippen molar-refractivity contribution in [3.63, 3.8) is 0 Å². The fraction of sp³-hybridized carbons (Fsp3) is 0.778. The molecule has 0 aromatic rings. The second kappa shape index (κ2) is 11.6. The van der Waals surface area contributed by atoms with E-state index in [0.29, 0.717) is 5.71 Å². The molecule has 0 saturated heterocycles. The number of nitrogens with zero attached hydrogens (tertiary/aromatic N) is 1. The number of carbonyl (C=O) groups is 3. The van der Waals surface area contributed by atoms with Crippen LogP contribution < -0.4 is 16.1 Å². The summed E-state index contributed by atoms with van der Waals surface area (Å²) in [6.07, 6.45) is 8.96. The van der Waals surface area contributed by atoms with Gasteiger partial charge < -0.3 is 10.6 Å². The first kappa shape index (κ1) is 21.1. The molecule has 0 aromatic heterocycles. The van der Waals surface area contributed by atoms with Crippen molar-refractivity contribution >= 4 is 23.4 Å². The highest BCUT2D eigenvalue weighted by molar-refractivity contribution is 6.35. The Kier molecular flexibility index (Phi) is 9.80. The summed E-state index contributed by atoms with van der Waals surface area (Å²) in [7, 11) is 0. The molecule has 7 heteroatoms. The zero-order valence-electron chi connectivity index (χ0n) is 15.7. The third-order valence-electron chi connectivity index (χ3n) is 4.43. The van der Waals surface area contributed by atoms with Gasteiger partial charge in [0.05, 0.1) is 6.42 Å². The Hall–Kier alpha value is -1.92. The average Bonchev–Trinajstić information content (AvgIpc) is 2.54. The zero-order valence-corrected chi connectivity index (χ0v) is 15.7. The van der Waals surface area contributed by atoms with Crippen molar-refractivity contribution in [2.75, 3.05) is 0 Å². The number of nitrogens with one attached hydrogen (secondary N) is 3. The largest absolute Gasteiger partial charge is 0.353 e. The molecule has 142 valence electrons. The minimum atomic E-state index is -0.819. The molecule has 1 saturated carbocycles. The summed E-state index contributed by atoms with van der Waals surface area (Å²) < 4.78 is 0. The molecule has 1 aliphatic rings. The molecule has 1 atom stereocenters. The lowest BCUT2D eigenvalue weighted by Gasteiger charge is -2.21. The van der Waals surface area contributed by atoms with E-state index in [0.717, 1.165) is 32.1 Å². The van der Waals surface area contributed by atoms with E-state index in [9.17, 15) is 14.4 Å². The molecule has 3 amide bonds. The maximum absolute atomic E-state index is 12.1. The van der Waals surface area contributed by atoms with Crippen LogP contribution >= 0.6 is 0 Å². The van der Waals surface area contributed by atoms with E-state index >= 15 is 0 Å². The van der Waals surface area contributed by atoms with E-state index in [2.05, 4.69) is 21.2 Å². The van der Waals surface area contributed by atoms with E-state index in [1.54, 1.807) is 6.92 Å². The summed E-state index contributed by atoms with van der Waals surface area (Å²) in [6.45, 7) is 5.39. The number of hydrazone groups is 1. The third-order valence-corrected chi connectivity index (χ3v) is 4.43. The van der Waals surface area contributed by atoms with Crippen LogP contribution in [0, 0.1) is 0 Å². The number of carbonyl (C=O) groups excluding carboxylic acids is 3. The van der Waals surface area contributed by atoms with E-state index in [4.69, 9.17) is 0 Å². The molecule has 0 spiro atoms. The summed E-state index contributed by atoms with van der Waals surface area (Å²) >= 11 is 0. The topological polar surface area (TPSA) is 99.7 Å². The Morgan fingerprint density at radius 1 is 1.04 bits per heavy atom. The molecule has 0 heterocycles. The Morgan fingerprint density at radius 3 is 2.24 bits per heavy atom. The molecule has 0 aliphatic heterocycles. The van der Waals surface area contributed by atoms with Gasteiger partial charge >= 0.3 is 11.8 Å². The fourth-order valence-corrected chi connectivity index (χ4v) is 2.74. The Labute approximate surface area is 150 Å². The van der Waals surface area contributed by atoms with E-state index < -0.39 is 11.8 Å². The predicted molar refractivity (Wildman–Crippen MR) is 98.0 cm³/mol. The van der Waals surface area contributed by atoms with E-state index in [1.807, 2.05) is 13.8 Å². The molecule has 0 aromatic carbocycles. The molecule has 1 aliphatic carbocycles. The molecular weight excluding hydrogens is 320 g/mol. The quantitative estimate of drug-likeness (QED) is 0.387. The van der Waals surface area contributed by atoms with Crippen LogP contribution in [0.4, 0.5) is 0 Å². The number of amides is 3. The van der Waals surface area contributed by atoms with E-state index in [-0.39, 0.29) is 24.4 Å². The van der Waals surface area contributed by atoms with Crippen LogP contribution in [-0.2, 0) is 14.4 Å². The molecule has 7 nitrogen and oxygen atoms in total. The Bertz CT molecular complexity index is 483. The van der Waals surface area contributed by atoms with Crippen molar-refractivity contribution in [1.82, 2.24) is 16.1 Å². The van der Waals surface area contributed by atoms with Gasteiger partial charge in [0.1, 0.15) is 0 Å². The van der Waals surface area contributed by atoms with Crippen molar-refractivity contribution < 1.29 is 14.4 Å². The maximum atomic E-state index is 12.1. The van der Waals surface area contributed by atoms with Gasteiger partial charge in [-0.2, -0.15) is 5.10 Å². The number of hydrogen-bond donors (Lipinski definition) is 3. The maximum Gasteiger partial charge on any atom is 0.329 e. The Morgan fingerprint density at radius 2 is 1.64 bits per heavy atom. The van der Waals surface area contributed by atoms with Crippen LogP contribution in [0.25, 0.3) is 0 Å². The molecule has 3 N–H and O–H groups in total. The number of rotatable bonds is 6. The second-order valence-corrected chi connectivity index (χ2v) is 6.86. The van der Waals surface area contributed by atoms with Crippen LogP contribution in [0.1, 0.15) is 78.6 Å². The molecule has 25 heavy (non-hydrogen) atoms. The van der Waals surface area contributed by atoms with Crippen LogP contribution in [0.2, 0.25) is 0 Å². The van der Waals surface area contributed by atoms with Crippen molar-refractivity contribution in [2.45, 2.75) is 90.6 Å². The molecule has 1 rings (SSSR count). The minimum Gasteiger partial charge on any atom is -0.353 e. The van der Waals surface area contributed by atoms with Gasteiger partial charge in [-0.15, -0.1) is 0 Å². The van der Waals surface area contributed by atoms with Crippen LogP contribution in [0.3, 0.4) is 0 Å². The van der Waals surface area contributed by atoms with Gasteiger partial charge in [-0.05, 0) is 33.1 Å². The molecule has 0 radical (unpaired) electrons. The van der Waals surface area contributed by atoms with Crippen molar-refractivity contribution in [1.29, 1.82) is 0 Å². The van der Waals surface area contributed by atoms with Gasteiger partial charge in [-0.1, -0.05) is 39.0 Å². The SMILES string of the molecule is CC[C@@H](C)NC(=O)C(=O)N/N=C(/C)CC(=O)NC1CCCCCCC1. The lowest BCUT2D eigenvalue weighted by atomic mass is 9.96. The molecule has 0 bridgehead atoms. The minimum absolute atomic E-state index is 0.0714. The first-order valence-electron chi connectivity index (χ1n) is 9.35. The highest BCUT2D eigenvalue weighted by atomic mass is 16.2. The Balaban J connectivity index is 2.36. The molecule has 1 fully saturated rings. The van der Waals surface area contributed by atoms with Gasteiger partial charge in [-0.3, -0.25) is 14.4 Å². The van der Waals surface area contributed by atoms with Crippen molar-refractivity contribution in [3.05, 3.63) is 0 Å². The van der Waals surface area contributed by atoms with E-state index in [1.165, 1.54) is 19.3 Å². The molecular formula is C18H32N4O3. The van der Waals surface area contributed by atoms with Gasteiger partial charge in [0.15, 0.2) is 0 Å². The first-order chi connectivity index (χ1) is 11.9. The second-order valence-electron chi connectivity index (χ2n) is 6.86. The summed E-state index contributed by atoms with van der Waals surface area (Å²) in [6, 6.07) is 0.161. The first-order valence-corrected chi connectivity index (χ1v) is 9.35. The number of hydrogen-bond acceptors (Lipinski definition) is 4. The highest BCUT2D eigenvalue weighted by Crippen LogP contribution is 2.17. The van der Waals surface area contributed by atoms with Crippen LogP contribution in [0.15, 0.2) is 5.10 Å². The highest BCUT2D eigenvalue weighted by Gasteiger charge is 2.16. The van der Waals surface area contributed by atoms with Gasteiger partial charge in [0.2, 0.25) is 5.91 Å². The summed E-state index contributed by atoms with van der Waals surface area (Å²) in [5.74, 6) is -1.63. The van der Waals surface area contributed by atoms with Gasteiger partial charge in [0, 0.05) is 17.8 Å². The van der Waals surface area contributed by atoms with Crippen LogP contribution in [0.5, 0.6) is 0 Å². The van der Waals surface area contributed by atoms with Gasteiger partial charge in [-0.25, -0.2) is 5.43 Å². The van der Waals surface area contributed by atoms with Crippen LogP contribution in [-0.4, -0.2) is 35.5 Å². The smallest absolute Gasteiger partial charge is 0.329 e. The van der Waals surface area contributed by atoms with Gasteiger partial charge in [0.25, 0.3) is 0 Å². The standard InChI is InChI=1S/C18H32N4O3/c1-4-13(2)19-17(24)18(25)22-21-14(3)12-16(23)20-15-10-8-6-5-7-9-11-15/h13,15H,4-12H2,1-3H3,(H,19,24)(H,20,23)(H,22,25)/b21-14-/t13-/m1/s1.